The molecule has 2 unspecified atom stereocenters. The number of rotatable bonds is 10. The standard InChI is InChI=1S/C28H40ClN4O3P/c1-7-32(8-2)19-12-10-18(11-13-19)22(34)15-33-27(35)24(29)25(26(31-33)36-9-3)30-21-14-23-28(5,6)20(16-37-23)17(21)4/h10-13,17,20-21,23,30,37H,7-9,14-16H2,1-6H3/t17?,20-,21-,23+/m1/s1. The van der Waals surface area contributed by atoms with Crippen LogP contribution in [0.5, 0.6) is 5.88 Å². The second-order valence-electron chi connectivity index (χ2n) is 10.8. The van der Waals surface area contributed by atoms with Gasteiger partial charge >= 0.3 is 0 Å². The first-order valence-electron chi connectivity index (χ1n) is 13.4. The van der Waals surface area contributed by atoms with Crippen molar-refractivity contribution in [2.75, 3.05) is 36.1 Å². The number of fused-ring (bicyclic) bond motifs is 2. The van der Waals surface area contributed by atoms with Crippen LogP contribution in [0.4, 0.5) is 11.4 Å². The molecule has 2 aromatic rings. The number of benzene rings is 1. The van der Waals surface area contributed by atoms with Crippen molar-refractivity contribution in [2.45, 2.75) is 66.2 Å². The molecule has 1 aromatic heterocycles. The highest BCUT2D eigenvalue weighted by atomic mass is 35.5. The number of hydrogen-bond acceptors (Lipinski definition) is 6. The molecule has 0 amide bonds. The number of ketones is 1. The van der Waals surface area contributed by atoms with E-state index < -0.39 is 5.56 Å². The molecule has 2 bridgehead atoms. The molecule has 4 rings (SSSR count). The zero-order chi connectivity index (χ0) is 26.9. The largest absolute Gasteiger partial charge is 0.475 e. The van der Waals surface area contributed by atoms with Crippen LogP contribution >= 0.6 is 20.2 Å². The lowest BCUT2D eigenvalue weighted by molar-refractivity contribution is 0.0964. The molecule has 5 atom stereocenters. The van der Waals surface area contributed by atoms with Crippen LogP contribution in [-0.4, -0.2) is 53.1 Å². The van der Waals surface area contributed by atoms with Crippen molar-refractivity contribution < 1.29 is 9.53 Å². The van der Waals surface area contributed by atoms with Gasteiger partial charge in [0.2, 0.25) is 0 Å². The summed E-state index contributed by atoms with van der Waals surface area (Å²) >= 11 is 6.64. The van der Waals surface area contributed by atoms with Crippen LogP contribution in [0.1, 0.15) is 58.3 Å². The Morgan fingerprint density at radius 1 is 1.24 bits per heavy atom. The molecule has 1 aliphatic heterocycles. The molecule has 9 heteroatoms. The zero-order valence-corrected chi connectivity index (χ0v) is 24.6. The van der Waals surface area contributed by atoms with Gasteiger partial charge in [0, 0.05) is 30.4 Å². The first-order chi connectivity index (χ1) is 17.6. The van der Waals surface area contributed by atoms with Gasteiger partial charge in [-0.05, 0) is 80.5 Å². The number of carbonyl (C=O) groups is 1. The fourth-order valence-electron chi connectivity index (χ4n) is 6.09. The van der Waals surface area contributed by atoms with E-state index in [1.165, 1.54) is 6.16 Å². The molecule has 37 heavy (non-hydrogen) atoms. The molecule has 202 valence electrons. The third-order valence-corrected chi connectivity index (χ3v) is 11.0. The summed E-state index contributed by atoms with van der Waals surface area (Å²) in [5.74, 6) is 1.13. The summed E-state index contributed by atoms with van der Waals surface area (Å²) in [6.45, 7) is 15.1. The number of ether oxygens (including phenoxy) is 1. The Kier molecular flexibility index (Phi) is 8.55. The van der Waals surface area contributed by atoms with E-state index in [0.717, 1.165) is 38.5 Å². The summed E-state index contributed by atoms with van der Waals surface area (Å²) < 4.78 is 6.94. The number of aromatic nitrogens is 2. The van der Waals surface area contributed by atoms with Crippen LogP contribution in [0.2, 0.25) is 5.02 Å². The van der Waals surface area contributed by atoms with Gasteiger partial charge in [-0.1, -0.05) is 32.4 Å². The van der Waals surface area contributed by atoms with Crippen molar-refractivity contribution in [1.82, 2.24) is 9.78 Å². The van der Waals surface area contributed by atoms with E-state index in [4.69, 9.17) is 16.3 Å². The van der Waals surface area contributed by atoms with E-state index in [1.54, 1.807) is 12.1 Å². The molecule has 1 saturated carbocycles. The van der Waals surface area contributed by atoms with Crippen molar-refractivity contribution in [3.8, 4) is 5.88 Å². The first kappa shape index (κ1) is 27.9. The van der Waals surface area contributed by atoms with E-state index in [2.05, 4.69) is 49.9 Å². The topological polar surface area (TPSA) is 76.5 Å². The van der Waals surface area contributed by atoms with Gasteiger partial charge in [-0.15, -0.1) is 13.7 Å². The highest BCUT2D eigenvalue weighted by molar-refractivity contribution is 7.39. The van der Waals surface area contributed by atoms with E-state index in [1.807, 2.05) is 19.1 Å². The molecule has 2 fully saturated rings. The highest BCUT2D eigenvalue weighted by Gasteiger charge is 2.52. The van der Waals surface area contributed by atoms with Crippen LogP contribution in [0.3, 0.4) is 0 Å². The Labute approximate surface area is 227 Å². The number of halogens is 1. The summed E-state index contributed by atoms with van der Waals surface area (Å²) in [6, 6.07) is 7.65. The lowest BCUT2D eigenvalue weighted by atomic mass is 9.63. The highest BCUT2D eigenvalue weighted by Crippen LogP contribution is 2.59. The Balaban J connectivity index is 1.57. The molecule has 2 aliphatic rings. The average molecular weight is 547 g/mol. The number of nitrogens with zero attached hydrogens (tertiary/aromatic N) is 3. The fraction of sp³-hybridized carbons (Fsp3) is 0.607. The number of anilines is 2. The van der Waals surface area contributed by atoms with Crippen LogP contribution in [0.25, 0.3) is 0 Å². The summed E-state index contributed by atoms with van der Waals surface area (Å²) in [5.41, 5.74) is 2.54. The quantitative estimate of drug-likeness (QED) is 0.311. The van der Waals surface area contributed by atoms with E-state index in [9.17, 15) is 9.59 Å². The molecule has 1 aromatic carbocycles. The van der Waals surface area contributed by atoms with Gasteiger partial charge in [-0.25, -0.2) is 4.68 Å². The molecule has 0 radical (unpaired) electrons. The van der Waals surface area contributed by atoms with Crippen LogP contribution in [-0.2, 0) is 6.54 Å². The molecule has 0 spiro atoms. The average Bonchev–Trinajstić information content (AvgIpc) is 3.05. The Bertz CT molecular complexity index is 1180. The van der Waals surface area contributed by atoms with Crippen molar-refractivity contribution in [3.63, 3.8) is 0 Å². The monoisotopic (exact) mass is 546 g/mol. The Hall–Kier alpha value is -2.11. The molecule has 2 heterocycles. The molecule has 1 aliphatic carbocycles. The molecular weight excluding hydrogens is 507 g/mol. The van der Waals surface area contributed by atoms with Crippen molar-refractivity contribution in [3.05, 3.63) is 45.2 Å². The minimum atomic E-state index is -0.491. The smallest absolute Gasteiger partial charge is 0.288 e. The minimum Gasteiger partial charge on any atom is -0.475 e. The maximum atomic E-state index is 13.2. The van der Waals surface area contributed by atoms with Gasteiger partial charge < -0.3 is 15.0 Å². The predicted molar refractivity (Wildman–Crippen MR) is 154 cm³/mol. The van der Waals surface area contributed by atoms with Gasteiger partial charge in [-0.3, -0.25) is 9.59 Å². The third kappa shape index (κ3) is 5.40. The summed E-state index contributed by atoms with van der Waals surface area (Å²) in [6.07, 6.45) is 2.30. The van der Waals surface area contributed by atoms with Crippen molar-refractivity contribution >= 4 is 37.3 Å². The SMILES string of the molecule is CCOc1nn(CC(=O)c2ccc(N(CC)CC)cc2)c(=O)c(Cl)c1N[C@@H]1C[C@@H]2PC[C@H](C1C)C2(C)C. The van der Waals surface area contributed by atoms with Gasteiger partial charge in [0.25, 0.3) is 11.4 Å². The summed E-state index contributed by atoms with van der Waals surface area (Å²) in [4.78, 5) is 28.5. The fourth-order valence-corrected chi connectivity index (χ4v) is 8.92. The van der Waals surface area contributed by atoms with Gasteiger partial charge in [0.05, 0.1) is 6.61 Å². The molecule has 1 saturated heterocycles. The van der Waals surface area contributed by atoms with E-state index >= 15 is 0 Å². The van der Waals surface area contributed by atoms with E-state index in [-0.39, 0.29) is 29.3 Å². The first-order valence-corrected chi connectivity index (χ1v) is 15.1. The van der Waals surface area contributed by atoms with Crippen LogP contribution in [0.15, 0.2) is 29.1 Å². The van der Waals surface area contributed by atoms with Crippen LogP contribution < -0.4 is 20.5 Å². The number of hydrogen-bond donors (Lipinski definition) is 1. The lowest BCUT2D eigenvalue weighted by Crippen LogP contribution is -2.48. The van der Waals surface area contributed by atoms with Crippen molar-refractivity contribution in [2.24, 2.45) is 17.3 Å². The Morgan fingerprint density at radius 3 is 2.54 bits per heavy atom. The number of carbonyl (C=O) groups excluding carboxylic acids is 1. The normalized spacial score (nSPS) is 24.7. The van der Waals surface area contributed by atoms with Gasteiger partial charge in [0.15, 0.2) is 5.78 Å². The Morgan fingerprint density at radius 2 is 1.92 bits per heavy atom. The predicted octanol–water partition coefficient (Wildman–Crippen LogP) is 5.55. The van der Waals surface area contributed by atoms with Crippen molar-refractivity contribution in [1.29, 1.82) is 0 Å². The van der Waals surface area contributed by atoms with E-state index in [0.29, 0.717) is 40.8 Å². The molecule has 7 nitrogen and oxygen atoms in total. The molecule has 1 N–H and O–H groups in total. The number of Topliss-reactive ketones (excluding diaryl/α,β-unsaturated/α-hetero) is 1. The second kappa shape index (κ2) is 11.3. The molecular formula is C28H40ClN4O3P. The second-order valence-corrected chi connectivity index (χ2v) is 12.7. The number of nitrogens with one attached hydrogen (secondary N) is 1. The lowest BCUT2D eigenvalue weighted by Gasteiger charge is -2.46. The maximum Gasteiger partial charge on any atom is 0.288 e. The minimum absolute atomic E-state index is 0.0231. The summed E-state index contributed by atoms with van der Waals surface area (Å²) in [7, 11) is 0.972. The maximum absolute atomic E-state index is 13.2. The van der Waals surface area contributed by atoms with Gasteiger partial charge in [0.1, 0.15) is 17.3 Å². The third-order valence-electron chi connectivity index (χ3n) is 8.49. The van der Waals surface area contributed by atoms with Gasteiger partial charge in [-0.2, -0.15) is 0 Å². The van der Waals surface area contributed by atoms with Crippen LogP contribution in [0, 0.1) is 17.3 Å². The summed E-state index contributed by atoms with van der Waals surface area (Å²) in [5, 5.41) is 8.02. The zero-order valence-electron chi connectivity index (χ0n) is 22.8.